The molecule has 0 bridgehead atoms. The van der Waals surface area contributed by atoms with Crippen molar-refractivity contribution in [2.24, 2.45) is 0 Å². The Morgan fingerprint density at radius 3 is 2.32 bits per heavy atom. The Kier molecular flexibility index (Phi) is 4.13. The van der Waals surface area contributed by atoms with Crippen LogP contribution < -0.4 is 0 Å². The van der Waals surface area contributed by atoms with Crippen molar-refractivity contribution >= 4 is 22.9 Å². The molecule has 1 nitrogen and oxygen atoms in total. The van der Waals surface area contributed by atoms with Crippen molar-refractivity contribution in [3.05, 3.63) is 65.5 Å². The van der Waals surface area contributed by atoms with Gasteiger partial charge in [0.1, 0.15) is 12.1 Å². The molecule has 0 aliphatic carbocycles. The minimum absolute atomic E-state index is 0.263. The third kappa shape index (κ3) is 2.91. The first kappa shape index (κ1) is 13.5. The number of aldehydes is 1. The Bertz CT molecular complexity index is 629. The topological polar surface area (TPSA) is 17.1 Å². The van der Waals surface area contributed by atoms with Crippen molar-refractivity contribution in [1.29, 1.82) is 0 Å². The van der Waals surface area contributed by atoms with E-state index < -0.39 is 0 Å². The van der Waals surface area contributed by atoms with Crippen LogP contribution in [-0.4, -0.2) is 6.29 Å². The fourth-order valence-electron chi connectivity index (χ4n) is 1.77. The fraction of sp³-hybridized carbons (Fsp3) is 0.0625. The molecule has 0 saturated carbocycles. The van der Waals surface area contributed by atoms with Crippen LogP contribution in [0.5, 0.6) is 0 Å². The Labute approximate surface area is 116 Å². The zero-order valence-electron chi connectivity index (χ0n) is 10.4. The van der Waals surface area contributed by atoms with Crippen LogP contribution in [0.3, 0.4) is 0 Å². The quantitative estimate of drug-likeness (QED) is 0.588. The molecule has 2 aromatic rings. The summed E-state index contributed by atoms with van der Waals surface area (Å²) in [4.78, 5) is 10.7. The van der Waals surface area contributed by atoms with Crippen LogP contribution in [0.1, 0.15) is 12.5 Å². The summed E-state index contributed by atoms with van der Waals surface area (Å²) in [7, 11) is 0. The molecule has 0 radical (unpaired) electrons. The molecule has 3 heteroatoms. The van der Waals surface area contributed by atoms with E-state index in [1.165, 1.54) is 6.07 Å². The first-order valence-electron chi connectivity index (χ1n) is 5.80. The van der Waals surface area contributed by atoms with Gasteiger partial charge in [0.2, 0.25) is 0 Å². The molecule has 0 fully saturated rings. The average Bonchev–Trinajstić information content (AvgIpc) is 2.46. The van der Waals surface area contributed by atoms with E-state index in [1.54, 1.807) is 49.4 Å². The molecule has 0 aliphatic heterocycles. The predicted octanol–water partition coefficient (Wildman–Crippen LogP) is 4.66. The normalized spacial score (nSPS) is 11.9. The van der Waals surface area contributed by atoms with Gasteiger partial charge < -0.3 is 0 Å². The molecule has 0 atom stereocenters. The summed E-state index contributed by atoms with van der Waals surface area (Å²) in [5.74, 6) is -0.263. The lowest BCUT2D eigenvalue weighted by Gasteiger charge is -2.05. The van der Waals surface area contributed by atoms with Crippen molar-refractivity contribution in [2.75, 3.05) is 0 Å². The molecule has 0 aromatic heterocycles. The van der Waals surface area contributed by atoms with Gasteiger partial charge in [-0.05, 0) is 24.1 Å². The molecule has 2 aromatic carbocycles. The van der Waals surface area contributed by atoms with Crippen LogP contribution in [0.2, 0.25) is 0 Å². The predicted molar refractivity (Wildman–Crippen MR) is 76.3 cm³/mol. The number of carbonyl (C=O) groups excluding carboxylic acids is 1. The van der Waals surface area contributed by atoms with Crippen molar-refractivity contribution in [3.63, 3.8) is 0 Å². The average molecular weight is 275 g/mol. The molecule has 0 spiro atoms. The third-order valence-electron chi connectivity index (χ3n) is 2.85. The monoisotopic (exact) mass is 274 g/mol. The van der Waals surface area contributed by atoms with Gasteiger partial charge in [-0.2, -0.15) is 0 Å². The second-order valence-electron chi connectivity index (χ2n) is 4.17. The first-order chi connectivity index (χ1) is 9.13. The molecule has 19 heavy (non-hydrogen) atoms. The van der Waals surface area contributed by atoms with E-state index in [9.17, 15) is 9.18 Å². The van der Waals surface area contributed by atoms with E-state index in [0.29, 0.717) is 22.5 Å². The van der Waals surface area contributed by atoms with E-state index in [4.69, 9.17) is 11.6 Å². The summed E-state index contributed by atoms with van der Waals surface area (Å²) in [6, 6.07) is 13.7. The van der Waals surface area contributed by atoms with Gasteiger partial charge in [-0.1, -0.05) is 54.1 Å². The summed E-state index contributed by atoms with van der Waals surface area (Å²) in [6.07, 6.45) is 0.715. The van der Waals surface area contributed by atoms with Crippen LogP contribution in [0, 0.1) is 5.82 Å². The number of hydrogen-bond acceptors (Lipinski definition) is 1. The molecule has 96 valence electrons. The number of benzene rings is 2. The number of allylic oxidation sites excluding steroid dienone is 1. The summed E-state index contributed by atoms with van der Waals surface area (Å²) >= 11 is 6.06. The molecule has 2 rings (SSSR count). The van der Waals surface area contributed by atoms with Gasteiger partial charge in [-0.3, -0.25) is 4.79 Å². The lowest BCUT2D eigenvalue weighted by atomic mass is 10.0. The third-order valence-corrected chi connectivity index (χ3v) is 3.36. The zero-order chi connectivity index (χ0) is 13.8. The van der Waals surface area contributed by atoms with E-state index in [-0.39, 0.29) is 5.82 Å². The van der Waals surface area contributed by atoms with Crippen molar-refractivity contribution in [3.8, 4) is 11.1 Å². The second kappa shape index (κ2) is 5.81. The lowest BCUT2D eigenvalue weighted by Crippen LogP contribution is -1.86. The Morgan fingerprint density at radius 1 is 1.11 bits per heavy atom. The largest absolute Gasteiger partial charge is 0.298 e. The smallest absolute Gasteiger partial charge is 0.147 e. The summed E-state index contributed by atoms with van der Waals surface area (Å²) in [5.41, 5.74) is 2.53. The van der Waals surface area contributed by atoms with E-state index in [1.807, 2.05) is 0 Å². The fourth-order valence-corrected chi connectivity index (χ4v) is 1.94. The summed E-state index contributed by atoms with van der Waals surface area (Å²) in [5, 5.41) is 0.412. The second-order valence-corrected chi connectivity index (χ2v) is 4.55. The molecule has 0 saturated heterocycles. The molecule has 0 aliphatic rings. The van der Waals surface area contributed by atoms with Crippen LogP contribution >= 0.6 is 11.6 Å². The van der Waals surface area contributed by atoms with Crippen LogP contribution in [0.25, 0.3) is 16.2 Å². The van der Waals surface area contributed by atoms with Gasteiger partial charge in [0.05, 0.1) is 5.03 Å². The highest BCUT2D eigenvalue weighted by molar-refractivity contribution is 6.50. The summed E-state index contributed by atoms with van der Waals surface area (Å²) in [6.45, 7) is 1.65. The molecule has 0 N–H and O–H groups in total. The highest BCUT2D eigenvalue weighted by Gasteiger charge is 2.06. The Morgan fingerprint density at radius 2 is 1.74 bits per heavy atom. The van der Waals surface area contributed by atoms with Crippen molar-refractivity contribution in [1.82, 2.24) is 0 Å². The lowest BCUT2D eigenvalue weighted by molar-refractivity contribution is -0.104. The van der Waals surface area contributed by atoms with Crippen LogP contribution in [0.4, 0.5) is 4.39 Å². The zero-order valence-corrected chi connectivity index (χ0v) is 11.1. The van der Waals surface area contributed by atoms with E-state index >= 15 is 0 Å². The molecule has 0 unspecified atom stereocenters. The van der Waals surface area contributed by atoms with Gasteiger partial charge in [0.25, 0.3) is 0 Å². The molecule has 0 amide bonds. The van der Waals surface area contributed by atoms with Gasteiger partial charge in [-0.15, -0.1) is 0 Å². The Balaban J connectivity index is 2.40. The van der Waals surface area contributed by atoms with Gasteiger partial charge >= 0.3 is 0 Å². The minimum Gasteiger partial charge on any atom is -0.298 e. The van der Waals surface area contributed by atoms with E-state index in [0.717, 1.165) is 11.1 Å². The Hall–Kier alpha value is -1.93. The first-order valence-corrected chi connectivity index (χ1v) is 6.18. The highest BCUT2D eigenvalue weighted by atomic mass is 35.5. The molecular formula is C16H12ClFO. The number of hydrogen-bond donors (Lipinski definition) is 0. The number of halogens is 2. The van der Waals surface area contributed by atoms with E-state index in [2.05, 4.69) is 0 Å². The van der Waals surface area contributed by atoms with Crippen LogP contribution in [-0.2, 0) is 4.79 Å². The van der Waals surface area contributed by atoms with Crippen molar-refractivity contribution in [2.45, 2.75) is 6.92 Å². The van der Waals surface area contributed by atoms with Crippen LogP contribution in [0.15, 0.2) is 54.1 Å². The maximum atomic E-state index is 13.6. The molecular weight excluding hydrogens is 263 g/mol. The SMILES string of the molecule is C/C(C=O)=C(/Cl)c1ccc(-c2ccccc2F)cc1. The number of carbonyl (C=O) groups is 1. The van der Waals surface area contributed by atoms with Gasteiger partial charge in [-0.25, -0.2) is 4.39 Å². The van der Waals surface area contributed by atoms with Crippen molar-refractivity contribution < 1.29 is 9.18 Å². The minimum atomic E-state index is -0.263. The maximum Gasteiger partial charge on any atom is 0.147 e. The van der Waals surface area contributed by atoms with Gasteiger partial charge in [0, 0.05) is 11.1 Å². The van der Waals surface area contributed by atoms with Gasteiger partial charge in [0.15, 0.2) is 0 Å². The highest BCUT2D eigenvalue weighted by Crippen LogP contribution is 2.27. The molecule has 0 heterocycles. The number of rotatable bonds is 3. The maximum absolute atomic E-state index is 13.6. The standard InChI is InChI=1S/C16H12ClFO/c1-11(10-19)16(17)13-8-6-12(7-9-13)14-4-2-3-5-15(14)18/h2-10H,1H3/b16-11-. The summed E-state index contributed by atoms with van der Waals surface area (Å²) < 4.78 is 13.6.